The number of ether oxygens (including phenoxy) is 3. The minimum atomic E-state index is -2.13. The number of carboxylic acid groups (broad SMARTS) is 1. The highest BCUT2D eigenvalue weighted by atomic mass is 28.4. The largest absolute Gasteiger partial charge is 0.480 e. The molecule has 4 atom stereocenters. The molecule has 1 heterocycles. The summed E-state index contributed by atoms with van der Waals surface area (Å²) in [5.41, 5.74) is -3.63. The summed E-state index contributed by atoms with van der Waals surface area (Å²) in [6.45, 7) is 21.8. The standard InChI is InChI=1S/C22H34O5Si.C16H19NO4/c1-19(2,3)27-18(25)22(17(23)24)14-21(22,16-12-10-9-11-13-16)15-26-28(7,8)20(4,5)6;1-14(2,3)21-12(18)16-9-15(16,10-20-13(19)17-16)11-7-5-4-6-8-11/h9-13H,14-15H2,1-8H3,(H,23,24);4-8H,9-10H2,1-3H3,(H,17,19). The summed E-state index contributed by atoms with van der Waals surface area (Å²) in [6.07, 6.45) is 0.123. The molecule has 2 saturated carbocycles. The lowest BCUT2D eigenvalue weighted by Gasteiger charge is -2.38. The molecule has 1 saturated heterocycles. The van der Waals surface area contributed by atoms with Crippen LogP contribution in [0.25, 0.3) is 0 Å². The summed E-state index contributed by atoms with van der Waals surface area (Å²) in [7, 11) is -2.13. The number of benzene rings is 2. The van der Waals surface area contributed by atoms with E-state index in [2.05, 4.69) is 39.2 Å². The van der Waals surface area contributed by atoms with Gasteiger partial charge >= 0.3 is 24.0 Å². The van der Waals surface area contributed by atoms with Crippen molar-refractivity contribution >= 4 is 32.3 Å². The monoisotopic (exact) mass is 695 g/mol. The molecular formula is C38H53NO9Si. The topological polar surface area (TPSA) is 137 Å². The van der Waals surface area contributed by atoms with Crippen LogP contribution in [0.2, 0.25) is 18.1 Å². The number of fused-ring (bicyclic) bond motifs is 1. The van der Waals surface area contributed by atoms with E-state index >= 15 is 0 Å². The molecule has 0 aromatic heterocycles. The molecule has 5 rings (SSSR count). The van der Waals surface area contributed by atoms with Gasteiger partial charge in [-0.3, -0.25) is 9.59 Å². The Hall–Kier alpha value is -3.70. The summed E-state index contributed by atoms with van der Waals surface area (Å²) in [6, 6.07) is 19.0. The Morgan fingerprint density at radius 2 is 1.29 bits per heavy atom. The number of hydrogen-bond donors (Lipinski definition) is 2. The van der Waals surface area contributed by atoms with E-state index in [1.54, 1.807) is 20.8 Å². The highest BCUT2D eigenvalue weighted by molar-refractivity contribution is 6.74. The number of carbonyl (C=O) groups excluding carboxylic acids is 3. The summed E-state index contributed by atoms with van der Waals surface area (Å²) in [5, 5.41) is 12.8. The smallest absolute Gasteiger partial charge is 0.408 e. The number of rotatable bonds is 8. The fourth-order valence-electron chi connectivity index (χ4n) is 6.31. The Labute approximate surface area is 291 Å². The molecule has 0 bridgehead atoms. The van der Waals surface area contributed by atoms with Gasteiger partial charge in [0.2, 0.25) is 0 Å². The highest BCUT2D eigenvalue weighted by Crippen LogP contribution is 2.66. The van der Waals surface area contributed by atoms with Crippen LogP contribution < -0.4 is 5.32 Å². The van der Waals surface area contributed by atoms with Gasteiger partial charge in [0.15, 0.2) is 19.3 Å². The number of esters is 2. The molecule has 2 aromatic carbocycles. The van der Waals surface area contributed by atoms with Crippen molar-refractivity contribution in [2.75, 3.05) is 13.2 Å². The van der Waals surface area contributed by atoms with E-state index in [4.69, 9.17) is 18.6 Å². The lowest BCUT2D eigenvalue weighted by molar-refractivity contribution is -0.171. The third kappa shape index (κ3) is 7.15. The number of carboxylic acids is 1. The first kappa shape index (κ1) is 38.1. The van der Waals surface area contributed by atoms with Crippen LogP contribution in [0.1, 0.15) is 86.3 Å². The zero-order valence-corrected chi connectivity index (χ0v) is 31.8. The minimum Gasteiger partial charge on any atom is -0.480 e. The molecule has 0 spiro atoms. The average molecular weight is 696 g/mol. The molecule has 3 aliphatic rings. The van der Waals surface area contributed by atoms with Crippen molar-refractivity contribution < 1.29 is 42.9 Å². The molecule has 2 aromatic rings. The van der Waals surface area contributed by atoms with E-state index in [9.17, 15) is 24.3 Å². The summed E-state index contributed by atoms with van der Waals surface area (Å²) in [4.78, 5) is 49.6. The van der Waals surface area contributed by atoms with Crippen LogP contribution in [-0.2, 0) is 43.9 Å². The van der Waals surface area contributed by atoms with Gasteiger partial charge in [-0.05, 0) is 83.6 Å². The van der Waals surface area contributed by atoms with Crippen molar-refractivity contribution in [1.82, 2.24) is 5.32 Å². The first-order valence-electron chi connectivity index (χ1n) is 16.8. The van der Waals surface area contributed by atoms with Gasteiger partial charge in [0.1, 0.15) is 17.8 Å². The second-order valence-electron chi connectivity index (χ2n) is 17.1. The predicted molar refractivity (Wildman–Crippen MR) is 188 cm³/mol. The second-order valence-corrected chi connectivity index (χ2v) is 21.9. The predicted octanol–water partition coefficient (Wildman–Crippen LogP) is 6.91. The third-order valence-corrected chi connectivity index (χ3v) is 14.8. The van der Waals surface area contributed by atoms with Crippen molar-refractivity contribution in [1.29, 1.82) is 0 Å². The number of carbonyl (C=O) groups is 4. The molecule has 49 heavy (non-hydrogen) atoms. The Morgan fingerprint density at radius 3 is 1.76 bits per heavy atom. The molecule has 10 nitrogen and oxygen atoms in total. The van der Waals surface area contributed by atoms with Gasteiger partial charge < -0.3 is 29.1 Å². The van der Waals surface area contributed by atoms with Crippen LogP contribution >= 0.6 is 0 Å². The first-order chi connectivity index (χ1) is 22.4. The molecule has 268 valence electrons. The fourth-order valence-corrected chi connectivity index (χ4v) is 7.35. The van der Waals surface area contributed by atoms with Crippen LogP contribution in [0.4, 0.5) is 4.79 Å². The van der Waals surface area contributed by atoms with Gasteiger partial charge in [-0.2, -0.15) is 0 Å². The van der Waals surface area contributed by atoms with Crippen molar-refractivity contribution in [3.05, 3.63) is 71.8 Å². The van der Waals surface area contributed by atoms with E-state index in [0.29, 0.717) is 6.42 Å². The summed E-state index contributed by atoms with van der Waals surface area (Å²) < 4.78 is 22.6. The van der Waals surface area contributed by atoms with Gasteiger partial charge in [0.25, 0.3) is 0 Å². The third-order valence-electron chi connectivity index (χ3n) is 10.3. The van der Waals surface area contributed by atoms with Crippen molar-refractivity contribution in [3.8, 4) is 0 Å². The Kier molecular flexibility index (Phi) is 9.77. The molecule has 3 fully saturated rings. The summed E-state index contributed by atoms with van der Waals surface area (Å²) >= 11 is 0. The van der Waals surface area contributed by atoms with E-state index in [-0.39, 0.29) is 24.7 Å². The molecular weight excluding hydrogens is 643 g/mol. The molecule has 1 amide bonds. The maximum absolute atomic E-state index is 13.0. The van der Waals surface area contributed by atoms with Crippen LogP contribution in [0.5, 0.6) is 0 Å². The van der Waals surface area contributed by atoms with Crippen LogP contribution in [0.15, 0.2) is 60.7 Å². The fraction of sp³-hybridized carbons (Fsp3) is 0.579. The van der Waals surface area contributed by atoms with Gasteiger partial charge in [-0.25, -0.2) is 9.59 Å². The van der Waals surface area contributed by atoms with Gasteiger partial charge in [-0.15, -0.1) is 0 Å². The second kappa shape index (κ2) is 12.6. The van der Waals surface area contributed by atoms with Crippen LogP contribution in [0, 0.1) is 5.41 Å². The van der Waals surface area contributed by atoms with Gasteiger partial charge in [-0.1, -0.05) is 81.4 Å². The van der Waals surface area contributed by atoms with Crippen molar-refractivity contribution in [3.63, 3.8) is 0 Å². The quantitative estimate of drug-likeness (QED) is 0.131. The van der Waals surface area contributed by atoms with Crippen LogP contribution in [0.3, 0.4) is 0 Å². The van der Waals surface area contributed by atoms with Crippen LogP contribution in [-0.4, -0.2) is 67.4 Å². The number of aliphatic carboxylic acids is 1. The van der Waals surface area contributed by atoms with Gasteiger partial charge in [0.05, 0.1) is 5.41 Å². The zero-order chi connectivity index (χ0) is 36.9. The van der Waals surface area contributed by atoms with Gasteiger partial charge in [0, 0.05) is 12.0 Å². The van der Waals surface area contributed by atoms with E-state index in [1.807, 2.05) is 81.4 Å². The van der Waals surface area contributed by atoms with E-state index in [0.717, 1.165) is 11.1 Å². The maximum atomic E-state index is 13.0. The highest BCUT2D eigenvalue weighted by Gasteiger charge is 2.79. The molecule has 4 unspecified atom stereocenters. The Bertz CT molecular complexity index is 1570. The average Bonchev–Trinajstić information content (AvgIpc) is 3.87. The molecule has 2 aliphatic carbocycles. The Morgan fingerprint density at radius 1 is 0.796 bits per heavy atom. The van der Waals surface area contributed by atoms with Crippen molar-refractivity contribution in [2.45, 2.75) is 121 Å². The minimum absolute atomic E-state index is 0.0163. The lowest BCUT2D eigenvalue weighted by Crippen LogP contribution is -2.56. The number of nitrogens with one attached hydrogen (secondary N) is 1. The SMILES string of the molecule is CC(C)(C)OC(=O)C1(C(=O)O)CC1(CO[Si](C)(C)C(C)(C)C)c1ccccc1.CC(C)(C)OC(=O)C12CC1(c1ccccc1)COC(=O)N2. The summed E-state index contributed by atoms with van der Waals surface area (Å²) in [5.74, 6) is -2.23. The number of amides is 1. The first-order valence-corrected chi connectivity index (χ1v) is 19.7. The zero-order valence-electron chi connectivity index (χ0n) is 30.8. The lowest BCUT2D eigenvalue weighted by atomic mass is 9.86. The number of cyclic esters (lactones) is 1. The molecule has 11 heteroatoms. The normalized spacial score (nSPS) is 27.6. The maximum Gasteiger partial charge on any atom is 0.408 e. The molecule has 1 aliphatic heterocycles. The molecule has 2 N–H and O–H groups in total. The van der Waals surface area contributed by atoms with E-state index < -0.39 is 65.3 Å². The number of hydrogen-bond acceptors (Lipinski definition) is 8. The Balaban J connectivity index is 0.000000229. The van der Waals surface area contributed by atoms with E-state index in [1.165, 1.54) is 0 Å². The van der Waals surface area contributed by atoms with Crippen molar-refractivity contribution in [2.24, 2.45) is 5.41 Å². The molecule has 0 radical (unpaired) electrons. The number of alkyl carbamates (subject to hydrolysis) is 1.